The number of aromatic hydroxyl groups is 1. The predicted molar refractivity (Wildman–Crippen MR) is 71.2 cm³/mol. The number of hydrogen-bond donors (Lipinski definition) is 2. The molecule has 2 aromatic rings. The zero-order chi connectivity index (χ0) is 14.7. The Hall–Kier alpha value is -2.82. The van der Waals surface area contributed by atoms with Gasteiger partial charge >= 0.3 is 11.9 Å². The molecule has 2 aromatic carbocycles. The fourth-order valence-corrected chi connectivity index (χ4v) is 1.66. The molecular formula is C15H12O5. The third-order valence-corrected chi connectivity index (χ3v) is 2.73. The highest BCUT2D eigenvalue weighted by atomic mass is 16.5. The average Bonchev–Trinajstić information content (AvgIpc) is 2.42. The van der Waals surface area contributed by atoms with Crippen molar-refractivity contribution in [2.24, 2.45) is 0 Å². The van der Waals surface area contributed by atoms with E-state index in [2.05, 4.69) is 0 Å². The summed E-state index contributed by atoms with van der Waals surface area (Å²) in [6.45, 7) is 1.70. The summed E-state index contributed by atoms with van der Waals surface area (Å²) >= 11 is 0. The van der Waals surface area contributed by atoms with E-state index in [4.69, 9.17) is 9.84 Å². The van der Waals surface area contributed by atoms with Crippen molar-refractivity contribution in [2.75, 3.05) is 0 Å². The maximum absolute atomic E-state index is 11.9. The quantitative estimate of drug-likeness (QED) is 0.662. The Kier molecular flexibility index (Phi) is 3.70. The number of phenolic OH excluding ortho intramolecular Hbond substituents is 1. The van der Waals surface area contributed by atoms with Gasteiger partial charge in [0.2, 0.25) is 0 Å². The lowest BCUT2D eigenvalue weighted by Gasteiger charge is -2.07. The Bertz CT molecular complexity index is 658. The van der Waals surface area contributed by atoms with Gasteiger partial charge in [0, 0.05) is 0 Å². The average molecular weight is 272 g/mol. The van der Waals surface area contributed by atoms with Gasteiger partial charge < -0.3 is 14.9 Å². The maximum atomic E-state index is 11.9. The van der Waals surface area contributed by atoms with E-state index in [1.54, 1.807) is 6.92 Å². The number of rotatable bonds is 3. The van der Waals surface area contributed by atoms with Crippen LogP contribution in [0, 0.1) is 6.92 Å². The second kappa shape index (κ2) is 5.44. The number of phenols is 1. The van der Waals surface area contributed by atoms with Gasteiger partial charge in [0.25, 0.3) is 0 Å². The molecule has 0 fully saturated rings. The van der Waals surface area contributed by atoms with Crippen LogP contribution in [0.25, 0.3) is 0 Å². The summed E-state index contributed by atoms with van der Waals surface area (Å²) in [7, 11) is 0. The summed E-state index contributed by atoms with van der Waals surface area (Å²) in [5.41, 5.74) is 0.977. The molecule has 2 rings (SSSR count). The van der Waals surface area contributed by atoms with Crippen LogP contribution >= 0.6 is 0 Å². The third kappa shape index (κ3) is 2.95. The van der Waals surface area contributed by atoms with E-state index in [0.717, 1.165) is 0 Å². The molecule has 0 saturated carbocycles. The summed E-state index contributed by atoms with van der Waals surface area (Å²) in [4.78, 5) is 22.6. The minimum atomic E-state index is -1.06. The van der Waals surface area contributed by atoms with Gasteiger partial charge in [-0.2, -0.15) is 0 Å². The van der Waals surface area contributed by atoms with Crippen molar-refractivity contribution in [2.45, 2.75) is 6.92 Å². The minimum absolute atomic E-state index is 0.0908. The molecule has 0 aliphatic heterocycles. The van der Waals surface area contributed by atoms with Crippen LogP contribution in [0.1, 0.15) is 26.3 Å². The van der Waals surface area contributed by atoms with Gasteiger partial charge in [-0.3, -0.25) is 0 Å². The summed E-state index contributed by atoms with van der Waals surface area (Å²) in [6.07, 6.45) is 0. The van der Waals surface area contributed by atoms with Crippen LogP contribution in [-0.2, 0) is 0 Å². The predicted octanol–water partition coefficient (Wildman–Crippen LogP) is 2.62. The van der Waals surface area contributed by atoms with Crippen LogP contribution in [0.3, 0.4) is 0 Å². The number of aromatic carboxylic acids is 1. The second-order valence-electron chi connectivity index (χ2n) is 4.22. The number of carbonyl (C=O) groups excluding carboxylic acids is 1. The number of esters is 1. The third-order valence-electron chi connectivity index (χ3n) is 2.73. The molecule has 0 aliphatic rings. The van der Waals surface area contributed by atoms with Gasteiger partial charge in [-0.15, -0.1) is 0 Å². The fourth-order valence-electron chi connectivity index (χ4n) is 1.66. The first-order valence-corrected chi connectivity index (χ1v) is 5.82. The topological polar surface area (TPSA) is 83.8 Å². The van der Waals surface area contributed by atoms with E-state index in [0.29, 0.717) is 11.3 Å². The summed E-state index contributed by atoms with van der Waals surface area (Å²) in [5, 5.41) is 18.0. The number of carboxylic acids is 1. The number of hydrogen-bond acceptors (Lipinski definition) is 4. The number of aryl methyl sites for hydroxylation is 1. The van der Waals surface area contributed by atoms with Crippen LogP contribution in [0.15, 0.2) is 42.5 Å². The van der Waals surface area contributed by atoms with E-state index >= 15 is 0 Å². The Labute approximate surface area is 115 Å². The van der Waals surface area contributed by atoms with E-state index in [9.17, 15) is 14.7 Å². The number of benzene rings is 2. The van der Waals surface area contributed by atoms with Gasteiger partial charge in [0.15, 0.2) is 0 Å². The first-order chi connectivity index (χ1) is 9.47. The highest BCUT2D eigenvalue weighted by Crippen LogP contribution is 2.23. The molecule has 0 amide bonds. The van der Waals surface area contributed by atoms with Gasteiger partial charge in [-0.25, -0.2) is 9.59 Å². The molecule has 0 bridgehead atoms. The van der Waals surface area contributed by atoms with Crippen LogP contribution in [-0.4, -0.2) is 22.2 Å². The maximum Gasteiger partial charge on any atom is 0.343 e. The fraction of sp³-hybridized carbons (Fsp3) is 0.0667. The van der Waals surface area contributed by atoms with Crippen molar-refractivity contribution in [1.82, 2.24) is 0 Å². The van der Waals surface area contributed by atoms with Crippen molar-refractivity contribution in [3.05, 3.63) is 59.2 Å². The minimum Gasteiger partial charge on any atom is -0.508 e. The Morgan fingerprint density at radius 1 is 1.00 bits per heavy atom. The smallest absolute Gasteiger partial charge is 0.343 e. The molecule has 0 heterocycles. The van der Waals surface area contributed by atoms with Crippen molar-refractivity contribution in [3.63, 3.8) is 0 Å². The summed E-state index contributed by atoms with van der Waals surface area (Å²) in [5.74, 6) is -1.21. The first kappa shape index (κ1) is 13.6. The van der Waals surface area contributed by atoms with Crippen molar-refractivity contribution in [3.8, 4) is 11.5 Å². The Morgan fingerprint density at radius 3 is 2.15 bits per heavy atom. The molecule has 102 valence electrons. The van der Waals surface area contributed by atoms with Crippen molar-refractivity contribution in [1.29, 1.82) is 0 Å². The van der Waals surface area contributed by atoms with E-state index in [-0.39, 0.29) is 16.9 Å². The highest BCUT2D eigenvalue weighted by Gasteiger charge is 2.11. The van der Waals surface area contributed by atoms with Crippen molar-refractivity contribution < 1.29 is 24.5 Å². The SMILES string of the molecule is Cc1cc(O)ccc1OC(=O)c1ccc(C(=O)O)cc1. The van der Waals surface area contributed by atoms with Crippen molar-refractivity contribution >= 4 is 11.9 Å². The molecule has 2 N–H and O–H groups in total. The largest absolute Gasteiger partial charge is 0.508 e. The molecule has 5 nitrogen and oxygen atoms in total. The van der Waals surface area contributed by atoms with Crippen LogP contribution in [0.5, 0.6) is 11.5 Å². The van der Waals surface area contributed by atoms with Gasteiger partial charge in [0.1, 0.15) is 11.5 Å². The number of carbonyl (C=O) groups is 2. The second-order valence-corrected chi connectivity index (χ2v) is 4.22. The molecule has 5 heteroatoms. The molecule has 0 spiro atoms. The molecule has 0 aromatic heterocycles. The molecular weight excluding hydrogens is 260 g/mol. The van der Waals surface area contributed by atoms with E-state index in [1.807, 2.05) is 0 Å². The van der Waals surface area contributed by atoms with Gasteiger partial charge in [-0.05, 0) is 55.0 Å². The summed E-state index contributed by atoms with van der Waals surface area (Å²) < 4.78 is 5.19. The monoisotopic (exact) mass is 272 g/mol. The zero-order valence-electron chi connectivity index (χ0n) is 10.7. The Morgan fingerprint density at radius 2 is 1.60 bits per heavy atom. The number of ether oxygens (including phenoxy) is 1. The lowest BCUT2D eigenvalue weighted by molar-refractivity contribution is 0.0691. The zero-order valence-corrected chi connectivity index (χ0v) is 10.7. The van der Waals surface area contributed by atoms with Crippen LogP contribution < -0.4 is 4.74 Å². The first-order valence-electron chi connectivity index (χ1n) is 5.82. The number of carboxylic acid groups (broad SMARTS) is 1. The lowest BCUT2D eigenvalue weighted by atomic mass is 10.1. The Balaban J connectivity index is 2.17. The highest BCUT2D eigenvalue weighted by molar-refractivity contribution is 5.93. The van der Waals surface area contributed by atoms with Crippen LogP contribution in [0.2, 0.25) is 0 Å². The summed E-state index contributed by atoms with van der Waals surface area (Å²) in [6, 6.07) is 9.85. The van der Waals surface area contributed by atoms with E-state index in [1.165, 1.54) is 42.5 Å². The molecule has 20 heavy (non-hydrogen) atoms. The van der Waals surface area contributed by atoms with Gasteiger partial charge in [0.05, 0.1) is 11.1 Å². The molecule has 0 unspecified atom stereocenters. The van der Waals surface area contributed by atoms with Gasteiger partial charge in [-0.1, -0.05) is 0 Å². The molecule has 0 saturated heterocycles. The molecule has 0 aliphatic carbocycles. The lowest BCUT2D eigenvalue weighted by Crippen LogP contribution is -2.09. The van der Waals surface area contributed by atoms with E-state index < -0.39 is 11.9 Å². The van der Waals surface area contributed by atoms with Crippen LogP contribution in [0.4, 0.5) is 0 Å². The molecule has 0 radical (unpaired) electrons. The molecule has 0 atom stereocenters. The standard InChI is InChI=1S/C15H12O5/c1-9-8-12(16)6-7-13(9)20-15(19)11-4-2-10(3-5-11)14(17)18/h2-8,16H,1H3,(H,17,18). The normalized spacial score (nSPS) is 10.1.